The smallest absolute Gasteiger partial charge is 0.264 e. The van der Waals surface area contributed by atoms with Crippen molar-refractivity contribution in [2.45, 2.75) is 17.9 Å². The minimum Gasteiger partial charge on any atom is -0.334 e. The normalized spacial score (nSPS) is 12.8. The third kappa shape index (κ3) is 4.01. The van der Waals surface area contributed by atoms with Crippen LogP contribution in [0.4, 0.5) is 0 Å². The molecule has 0 aliphatic heterocycles. The van der Waals surface area contributed by atoms with Gasteiger partial charge in [0.15, 0.2) is 0 Å². The van der Waals surface area contributed by atoms with Crippen LogP contribution in [0.15, 0.2) is 65.6 Å². The van der Waals surface area contributed by atoms with E-state index in [9.17, 15) is 13.2 Å². The average Bonchev–Trinajstić information content (AvgIpc) is 3.38. The van der Waals surface area contributed by atoms with Crippen LogP contribution in [0.3, 0.4) is 0 Å². The largest absolute Gasteiger partial charge is 0.334 e. The van der Waals surface area contributed by atoms with Crippen molar-refractivity contribution in [1.29, 1.82) is 0 Å². The van der Waals surface area contributed by atoms with Gasteiger partial charge in [0, 0.05) is 7.05 Å². The van der Waals surface area contributed by atoms with Gasteiger partial charge in [-0.3, -0.25) is 4.79 Å². The molecule has 4 aromatic rings. The summed E-state index contributed by atoms with van der Waals surface area (Å²) in [5, 5.41) is 6.04. The van der Waals surface area contributed by atoms with Crippen LogP contribution < -0.4 is 5.14 Å². The summed E-state index contributed by atoms with van der Waals surface area (Å²) in [5.41, 5.74) is 1.77. The number of benzene rings is 2. The number of nitrogens with zero attached hydrogens (tertiary/aromatic N) is 2. The van der Waals surface area contributed by atoms with Crippen LogP contribution in [-0.2, 0) is 10.0 Å². The van der Waals surface area contributed by atoms with Crippen LogP contribution in [0.25, 0.3) is 20.1 Å². The fourth-order valence-corrected chi connectivity index (χ4v) is 5.58. The summed E-state index contributed by atoms with van der Waals surface area (Å²) in [4.78, 5) is 20.9. The molecule has 6 nitrogen and oxygen atoms in total. The number of rotatable bonds is 5. The average molecular weight is 458 g/mol. The highest BCUT2D eigenvalue weighted by Crippen LogP contribution is 2.35. The van der Waals surface area contributed by atoms with Gasteiger partial charge in [0.25, 0.3) is 5.91 Å². The Morgan fingerprint density at radius 1 is 1.03 bits per heavy atom. The lowest BCUT2D eigenvalue weighted by Gasteiger charge is -2.25. The SMILES string of the molecule is CC(c1ccc(S(N)(=O)=O)cc1)N(C)C(=O)c1ccc(-c2nc3ccccc3s2)s1. The van der Waals surface area contributed by atoms with E-state index >= 15 is 0 Å². The minimum atomic E-state index is -3.74. The Balaban J connectivity index is 1.54. The molecule has 0 spiro atoms. The summed E-state index contributed by atoms with van der Waals surface area (Å²) in [6, 6.07) is 17.7. The molecular formula is C21H19N3O3S3. The third-order valence-electron chi connectivity index (χ3n) is 4.91. The van der Waals surface area contributed by atoms with Crippen molar-refractivity contribution in [3.8, 4) is 9.88 Å². The molecular weight excluding hydrogens is 438 g/mol. The van der Waals surface area contributed by atoms with Crippen molar-refractivity contribution >= 4 is 48.8 Å². The Bertz CT molecular complexity index is 1290. The molecule has 0 saturated heterocycles. The number of sulfonamides is 1. The van der Waals surface area contributed by atoms with Gasteiger partial charge in [-0.1, -0.05) is 24.3 Å². The van der Waals surface area contributed by atoms with Gasteiger partial charge in [0.2, 0.25) is 10.0 Å². The number of carbonyl (C=O) groups is 1. The van der Waals surface area contributed by atoms with Crippen molar-refractivity contribution in [3.63, 3.8) is 0 Å². The molecule has 0 aliphatic carbocycles. The van der Waals surface area contributed by atoms with E-state index in [1.807, 2.05) is 43.3 Å². The number of primary sulfonamides is 1. The molecule has 1 atom stereocenters. The summed E-state index contributed by atoms with van der Waals surface area (Å²) in [6.07, 6.45) is 0. The first-order valence-corrected chi connectivity index (χ1v) is 12.3. The molecule has 0 bridgehead atoms. The molecule has 9 heteroatoms. The molecule has 0 aliphatic rings. The van der Waals surface area contributed by atoms with Gasteiger partial charge in [-0.05, 0) is 48.9 Å². The lowest BCUT2D eigenvalue weighted by atomic mass is 10.1. The standard InChI is InChI=1S/C21H19N3O3S3/c1-13(14-7-9-15(10-8-14)30(22,26)27)24(2)21(25)19-12-11-18(28-19)20-23-16-5-3-4-6-17(16)29-20/h3-13H,1-2H3,(H2,22,26,27). The summed E-state index contributed by atoms with van der Waals surface area (Å²) >= 11 is 3.02. The van der Waals surface area contributed by atoms with E-state index in [1.165, 1.54) is 23.5 Å². The zero-order valence-electron chi connectivity index (χ0n) is 16.3. The van der Waals surface area contributed by atoms with Crippen molar-refractivity contribution in [2.24, 2.45) is 5.14 Å². The lowest BCUT2D eigenvalue weighted by Crippen LogP contribution is -2.29. The molecule has 2 N–H and O–H groups in total. The quantitative estimate of drug-likeness (QED) is 0.477. The number of carbonyl (C=O) groups excluding carboxylic acids is 1. The molecule has 0 radical (unpaired) electrons. The number of hydrogen-bond donors (Lipinski definition) is 1. The fraction of sp³-hybridized carbons (Fsp3) is 0.143. The summed E-state index contributed by atoms with van der Waals surface area (Å²) in [5.74, 6) is -0.101. The monoisotopic (exact) mass is 457 g/mol. The van der Waals surface area contributed by atoms with Crippen molar-refractivity contribution in [2.75, 3.05) is 7.05 Å². The van der Waals surface area contributed by atoms with Gasteiger partial charge in [-0.2, -0.15) is 0 Å². The maximum absolute atomic E-state index is 13.0. The first-order valence-electron chi connectivity index (χ1n) is 9.10. The summed E-state index contributed by atoms with van der Waals surface area (Å²) in [6.45, 7) is 1.89. The Hall–Kier alpha value is -2.59. The molecule has 4 rings (SSSR count). The van der Waals surface area contributed by atoms with Gasteiger partial charge >= 0.3 is 0 Å². The zero-order valence-corrected chi connectivity index (χ0v) is 18.7. The van der Waals surface area contributed by atoms with Crippen molar-refractivity contribution in [3.05, 3.63) is 71.1 Å². The second-order valence-electron chi connectivity index (χ2n) is 6.86. The van der Waals surface area contributed by atoms with E-state index in [2.05, 4.69) is 4.98 Å². The maximum atomic E-state index is 13.0. The summed E-state index contributed by atoms with van der Waals surface area (Å²) < 4.78 is 24.0. The number of para-hydroxylation sites is 1. The van der Waals surface area contributed by atoms with Gasteiger partial charge < -0.3 is 4.90 Å². The number of thiazole rings is 1. The highest BCUT2D eigenvalue weighted by molar-refractivity contribution is 7.89. The number of aromatic nitrogens is 1. The van der Waals surface area contributed by atoms with E-state index in [-0.39, 0.29) is 16.8 Å². The Kier molecular flexibility index (Phi) is 5.46. The molecule has 0 saturated carbocycles. The number of amides is 1. The second kappa shape index (κ2) is 7.92. The lowest BCUT2D eigenvalue weighted by molar-refractivity contribution is 0.0747. The van der Waals surface area contributed by atoms with E-state index in [0.717, 1.165) is 25.7 Å². The maximum Gasteiger partial charge on any atom is 0.264 e. The van der Waals surface area contributed by atoms with E-state index in [4.69, 9.17) is 5.14 Å². The second-order valence-corrected chi connectivity index (χ2v) is 10.5. The van der Waals surface area contributed by atoms with Crippen LogP contribution in [0.1, 0.15) is 28.2 Å². The number of thiophene rings is 1. The molecule has 2 heterocycles. The minimum absolute atomic E-state index is 0.0474. The molecule has 0 fully saturated rings. The Morgan fingerprint density at radius 3 is 2.40 bits per heavy atom. The molecule has 2 aromatic heterocycles. The van der Waals surface area contributed by atoms with Crippen molar-refractivity contribution < 1.29 is 13.2 Å². The van der Waals surface area contributed by atoms with Crippen molar-refractivity contribution in [1.82, 2.24) is 9.88 Å². The van der Waals surface area contributed by atoms with Crippen LogP contribution in [0.5, 0.6) is 0 Å². The first-order chi connectivity index (χ1) is 14.2. The molecule has 1 unspecified atom stereocenters. The van der Waals surface area contributed by atoms with Gasteiger partial charge in [0.05, 0.1) is 30.9 Å². The van der Waals surface area contributed by atoms with E-state index in [0.29, 0.717) is 4.88 Å². The van der Waals surface area contributed by atoms with E-state index < -0.39 is 10.0 Å². The van der Waals surface area contributed by atoms with Crippen LogP contribution in [-0.4, -0.2) is 31.3 Å². The van der Waals surface area contributed by atoms with Crippen LogP contribution >= 0.6 is 22.7 Å². The number of nitrogens with two attached hydrogens (primary N) is 1. The molecule has 1 amide bonds. The molecule has 2 aromatic carbocycles. The number of fused-ring (bicyclic) bond motifs is 1. The molecule has 30 heavy (non-hydrogen) atoms. The number of hydrogen-bond acceptors (Lipinski definition) is 6. The van der Waals surface area contributed by atoms with Crippen LogP contribution in [0.2, 0.25) is 0 Å². The highest BCUT2D eigenvalue weighted by atomic mass is 32.2. The third-order valence-corrected chi connectivity index (χ3v) is 8.12. The summed E-state index contributed by atoms with van der Waals surface area (Å²) in [7, 11) is -2.01. The van der Waals surface area contributed by atoms with Crippen LogP contribution in [0, 0.1) is 0 Å². The first kappa shape index (κ1) is 20.7. The molecule has 154 valence electrons. The highest BCUT2D eigenvalue weighted by Gasteiger charge is 2.22. The fourth-order valence-electron chi connectivity index (χ4n) is 3.05. The van der Waals surface area contributed by atoms with Gasteiger partial charge in [-0.25, -0.2) is 18.5 Å². The Labute approximate surface area is 182 Å². The predicted molar refractivity (Wildman–Crippen MR) is 121 cm³/mol. The topological polar surface area (TPSA) is 93.4 Å². The Morgan fingerprint density at radius 2 is 1.73 bits per heavy atom. The zero-order chi connectivity index (χ0) is 21.5. The van der Waals surface area contributed by atoms with Gasteiger partial charge in [-0.15, -0.1) is 22.7 Å². The van der Waals surface area contributed by atoms with Gasteiger partial charge in [0.1, 0.15) is 5.01 Å². The van der Waals surface area contributed by atoms with E-state index in [1.54, 1.807) is 35.4 Å². The predicted octanol–water partition coefficient (Wildman–Crippen LogP) is 4.51.